The Morgan fingerprint density at radius 1 is 1.11 bits per heavy atom. The number of hydrogen-bond acceptors (Lipinski definition) is 1. The number of hydrogen-bond donors (Lipinski definition) is 0. The highest BCUT2D eigenvalue weighted by molar-refractivity contribution is 6.30. The van der Waals surface area contributed by atoms with Crippen molar-refractivity contribution < 1.29 is 9.20 Å². The number of carbonyl (C=O) groups is 1. The standard InChI is InChI=1S/C14H10ClN2O/c15-12-6-4-11(5-7-12)14(18)17-9-13-3-1-2-8-16(13)10-17/h1-10H/q+1. The van der Waals surface area contributed by atoms with Crippen molar-refractivity contribution in [1.29, 1.82) is 0 Å². The highest BCUT2D eigenvalue weighted by atomic mass is 35.5. The first-order valence-electron chi connectivity index (χ1n) is 5.52. The first-order valence-corrected chi connectivity index (χ1v) is 5.90. The molecule has 2 heterocycles. The van der Waals surface area contributed by atoms with E-state index in [0.29, 0.717) is 10.6 Å². The molecule has 0 atom stereocenters. The molecule has 1 aromatic carbocycles. The molecule has 3 aromatic rings. The zero-order chi connectivity index (χ0) is 12.5. The number of halogens is 1. The molecule has 0 spiro atoms. The summed E-state index contributed by atoms with van der Waals surface area (Å²) in [5.74, 6) is -0.0737. The molecule has 0 bridgehead atoms. The second-order valence-electron chi connectivity index (χ2n) is 4.00. The average molecular weight is 258 g/mol. The molecule has 0 unspecified atom stereocenters. The molecule has 3 rings (SSSR count). The third-order valence-electron chi connectivity index (χ3n) is 2.77. The van der Waals surface area contributed by atoms with Gasteiger partial charge in [-0.2, -0.15) is 4.57 Å². The minimum atomic E-state index is -0.0737. The summed E-state index contributed by atoms with van der Waals surface area (Å²) in [7, 11) is 0. The minimum absolute atomic E-state index is 0.0737. The first-order chi connectivity index (χ1) is 8.74. The predicted molar refractivity (Wildman–Crippen MR) is 68.8 cm³/mol. The Morgan fingerprint density at radius 3 is 2.61 bits per heavy atom. The SMILES string of the molecule is O=C(c1ccc(Cl)cc1)n1cc2cccc[n+]2c1. The second-order valence-corrected chi connectivity index (χ2v) is 4.43. The van der Waals surface area contributed by atoms with Crippen LogP contribution < -0.4 is 4.40 Å². The van der Waals surface area contributed by atoms with Gasteiger partial charge in [0.2, 0.25) is 0 Å². The Balaban J connectivity index is 2.03. The topological polar surface area (TPSA) is 26.1 Å². The van der Waals surface area contributed by atoms with Crippen LogP contribution >= 0.6 is 11.6 Å². The van der Waals surface area contributed by atoms with Crippen molar-refractivity contribution >= 4 is 23.0 Å². The van der Waals surface area contributed by atoms with E-state index in [1.807, 2.05) is 28.8 Å². The Labute approximate surface area is 109 Å². The van der Waals surface area contributed by atoms with Crippen LogP contribution in [0, 0.1) is 0 Å². The van der Waals surface area contributed by atoms with E-state index in [4.69, 9.17) is 11.6 Å². The number of nitrogens with zero attached hydrogens (tertiary/aromatic N) is 2. The summed E-state index contributed by atoms with van der Waals surface area (Å²) >= 11 is 5.80. The number of carbonyl (C=O) groups excluding carboxylic acids is 1. The van der Waals surface area contributed by atoms with Crippen LogP contribution in [0.4, 0.5) is 0 Å². The zero-order valence-corrected chi connectivity index (χ0v) is 10.2. The van der Waals surface area contributed by atoms with Crippen LogP contribution in [0.5, 0.6) is 0 Å². The number of pyridine rings is 1. The smallest absolute Gasteiger partial charge is 0.240 e. The quantitative estimate of drug-likeness (QED) is 0.616. The van der Waals surface area contributed by atoms with Crippen LogP contribution in [0.1, 0.15) is 10.4 Å². The molecule has 0 saturated carbocycles. The number of fused-ring (bicyclic) bond motifs is 1. The van der Waals surface area contributed by atoms with Crippen molar-refractivity contribution in [1.82, 2.24) is 4.57 Å². The number of aromatic nitrogens is 2. The van der Waals surface area contributed by atoms with Gasteiger partial charge in [-0.1, -0.05) is 17.7 Å². The summed E-state index contributed by atoms with van der Waals surface area (Å²) < 4.78 is 3.46. The van der Waals surface area contributed by atoms with Crippen molar-refractivity contribution in [2.24, 2.45) is 0 Å². The van der Waals surface area contributed by atoms with Gasteiger partial charge in [-0.3, -0.25) is 0 Å². The van der Waals surface area contributed by atoms with Gasteiger partial charge in [0.1, 0.15) is 6.20 Å². The summed E-state index contributed by atoms with van der Waals surface area (Å²) in [5.41, 5.74) is 1.58. The number of imidazole rings is 1. The summed E-state index contributed by atoms with van der Waals surface area (Å²) in [6.45, 7) is 0. The van der Waals surface area contributed by atoms with E-state index in [1.54, 1.807) is 41.4 Å². The monoisotopic (exact) mass is 257 g/mol. The highest BCUT2D eigenvalue weighted by Crippen LogP contribution is 2.11. The van der Waals surface area contributed by atoms with Crippen LogP contribution in [0.2, 0.25) is 5.02 Å². The largest absolute Gasteiger partial charge is 0.345 e. The number of rotatable bonds is 1. The summed E-state index contributed by atoms with van der Waals surface area (Å²) in [6, 6.07) is 12.7. The van der Waals surface area contributed by atoms with Gasteiger partial charge in [-0.25, -0.2) is 9.20 Å². The van der Waals surface area contributed by atoms with E-state index < -0.39 is 0 Å². The second kappa shape index (κ2) is 4.27. The fraction of sp³-hybridized carbons (Fsp3) is 0. The molecule has 0 fully saturated rings. The molecule has 0 radical (unpaired) electrons. The van der Waals surface area contributed by atoms with Crippen LogP contribution in [-0.4, -0.2) is 10.5 Å². The molecule has 18 heavy (non-hydrogen) atoms. The number of benzene rings is 1. The fourth-order valence-corrected chi connectivity index (χ4v) is 1.97. The minimum Gasteiger partial charge on any atom is -0.240 e. The van der Waals surface area contributed by atoms with Gasteiger partial charge in [0, 0.05) is 5.02 Å². The van der Waals surface area contributed by atoms with E-state index in [2.05, 4.69) is 0 Å². The van der Waals surface area contributed by atoms with Gasteiger partial charge >= 0.3 is 5.91 Å². The van der Waals surface area contributed by atoms with Gasteiger partial charge in [-0.15, -0.1) is 0 Å². The fourth-order valence-electron chi connectivity index (χ4n) is 1.85. The van der Waals surface area contributed by atoms with Gasteiger partial charge in [0.25, 0.3) is 6.33 Å². The Kier molecular flexibility index (Phi) is 2.61. The van der Waals surface area contributed by atoms with Crippen LogP contribution in [-0.2, 0) is 0 Å². The first kappa shape index (κ1) is 11.0. The van der Waals surface area contributed by atoms with Gasteiger partial charge < -0.3 is 0 Å². The van der Waals surface area contributed by atoms with Crippen LogP contribution in [0.3, 0.4) is 0 Å². The van der Waals surface area contributed by atoms with Crippen LogP contribution in [0.15, 0.2) is 61.2 Å². The lowest BCUT2D eigenvalue weighted by Gasteiger charge is -1.95. The molecule has 0 aliphatic carbocycles. The van der Waals surface area contributed by atoms with E-state index >= 15 is 0 Å². The van der Waals surface area contributed by atoms with E-state index in [0.717, 1.165) is 5.52 Å². The third kappa shape index (κ3) is 1.89. The average Bonchev–Trinajstić information content (AvgIpc) is 2.82. The molecule has 88 valence electrons. The Hall–Kier alpha value is -2.13. The lowest BCUT2D eigenvalue weighted by Crippen LogP contribution is -2.18. The summed E-state index contributed by atoms with van der Waals surface area (Å²) in [4.78, 5) is 12.2. The lowest BCUT2D eigenvalue weighted by molar-refractivity contribution is -0.511. The van der Waals surface area contributed by atoms with Crippen LogP contribution in [0.25, 0.3) is 5.52 Å². The highest BCUT2D eigenvalue weighted by Gasteiger charge is 2.15. The third-order valence-corrected chi connectivity index (χ3v) is 3.02. The van der Waals surface area contributed by atoms with Crippen molar-refractivity contribution in [2.45, 2.75) is 0 Å². The van der Waals surface area contributed by atoms with Gasteiger partial charge in [0.15, 0.2) is 5.52 Å². The maximum Gasteiger partial charge on any atom is 0.345 e. The molecule has 4 heteroatoms. The van der Waals surface area contributed by atoms with E-state index in [9.17, 15) is 4.79 Å². The molecule has 0 amide bonds. The molecule has 0 saturated heterocycles. The summed E-state index contributed by atoms with van der Waals surface area (Å²) in [6.07, 6.45) is 5.46. The Bertz CT molecular complexity index is 683. The molecule has 0 aliphatic heterocycles. The summed E-state index contributed by atoms with van der Waals surface area (Å²) in [5, 5.41) is 0.624. The Morgan fingerprint density at radius 2 is 1.89 bits per heavy atom. The normalized spacial score (nSPS) is 10.7. The van der Waals surface area contributed by atoms with Crippen molar-refractivity contribution in [3.05, 3.63) is 71.8 Å². The molecule has 0 aliphatic rings. The van der Waals surface area contributed by atoms with Gasteiger partial charge in [0.05, 0.1) is 11.8 Å². The molecule has 3 nitrogen and oxygen atoms in total. The van der Waals surface area contributed by atoms with Crippen molar-refractivity contribution in [3.8, 4) is 0 Å². The molecule has 2 aromatic heterocycles. The maximum absolute atomic E-state index is 12.2. The molecular formula is C14H10ClN2O+. The molecular weight excluding hydrogens is 248 g/mol. The zero-order valence-electron chi connectivity index (χ0n) is 9.45. The van der Waals surface area contributed by atoms with Gasteiger partial charge in [-0.05, 0) is 36.4 Å². The maximum atomic E-state index is 12.2. The van der Waals surface area contributed by atoms with E-state index in [1.165, 1.54) is 0 Å². The van der Waals surface area contributed by atoms with Crippen molar-refractivity contribution in [2.75, 3.05) is 0 Å². The predicted octanol–water partition coefficient (Wildman–Crippen LogP) is 2.57. The molecule has 0 N–H and O–H groups in total. The van der Waals surface area contributed by atoms with Crippen molar-refractivity contribution in [3.63, 3.8) is 0 Å². The lowest BCUT2D eigenvalue weighted by atomic mass is 10.2. The van der Waals surface area contributed by atoms with E-state index in [-0.39, 0.29) is 5.91 Å².